The Morgan fingerprint density at radius 2 is 2.04 bits per heavy atom. The number of benzene rings is 1. The minimum atomic E-state index is -0.947. The van der Waals surface area contributed by atoms with Gasteiger partial charge < -0.3 is 25.3 Å². The van der Waals surface area contributed by atoms with E-state index in [-0.39, 0.29) is 23.1 Å². The Hall–Kier alpha value is -2.35. The van der Waals surface area contributed by atoms with E-state index in [2.05, 4.69) is 9.97 Å². The molecule has 26 heavy (non-hydrogen) atoms. The standard InChI is InChI=1S/C18H19ClN4O3/c1-26-10-4-2-3-9(7-10)12-8-13(15(25)14(12)24)23-6-5-11-16(20)21-18(19)22-17(11)23/h2-7,12-15,24-25H,8H2,1H3,(H2,20,21,22)/t12-,13-,14-,15+/m1/s1. The minimum absolute atomic E-state index is 0.0485. The van der Waals surface area contributed by atoms with E-state index in [1.165, 1.54) is 0 Å². The number of aliphatic hydroxyl groups excluding tert-OH is 2. The van der Waals surface area contributed by atoms with Crippen molar-refractivity contribution in [3.8, 4) is 5.75 Å². The van der Waals surface area contributed by atoms with Crippen LogP contribution in [0, 0.1) is 0 Å². The molecule has 4 N–H and O–H groups in total. The normalized spacial score (nSPS) is 25.7. The van der Waals surface area contributed by atoms with Crippen molar-refractivity contribution in [2.24, 2.45) is 0 Å². The molecule has 0 amide bonds. The summed E-state index contributed by atoms with van der Waals surface area (Å²) in [6.45, 7) is 0. The van der Waals surface area contributed by atoms with Crippen molar-refractivity contribution in [2.75, 3.05) is 12.8 Å². The van der Waals surface area contributed by atoms with Crippen LogP contribution in [0.25, 0.3) is 11.0 Å². The molecule has 4 rings (SSSR count). The van der Waals surface area contributed by atoms with Crippen LogP contribution in [0.3, 0.4) is 0 Å². The van der Waals surface area contributed by atoms with Crippen molar-refractivity contribution in [2.45, 2.75) is 30.6 Å². The molecule has 136 valence electrons. The number of hydrogen-bond acceptors (Lipinski definition) is 6. The summed E-state index contributed by atoms with van der Waals surface area (Å²) >= 11 is 5.94. The summed E-state index contributed by atoms with van der Waals surface area (Å²) in [5.41, 5.74) is 7.37. The maximum Gasteiger partial charge on any atom is 0.226 e. The number of hydrogen-bond donors (Lipinski definition) is 3. The SMILES string of the molecule is COc1cccc([C@H]2C[C@@H](n3ccc4c(N)nc(Cl)nc43)[C@H](O)[C@@H]2O)c1. The monoisotopic (exact) mass is 374 g/mol. The second-order valence-corrected chi connectivity index (χ2v) is 6.84. The van der Waals surface area contributed by atoms with Gasteiger partial charge in [0, 0.05) is 12.1 Å². The lowest BCUT2D eigenvalue weighted by atomic mass is 9.95. The Kier molecular flexibility index (Phi) is 4.22. The number of fused-ring (bicyclic) bond motifs is 1. The number of methoxy groups -OCH3 is 1. The van der Waals surface area contributed by atoms with Crippen molar-refractivity contribution in [3.05, 3.63) is 47.4 Å². The average molecular weight is 375 g/mol. The van der Waals surface area contributed by atoms with E-state index in [1.54, 1.807) is 19.4 Å². The van der Waals surface area contributed by atoms with E-state index < -0.39 is 12.2 Å². The van der Waals surface area contributed by atoms with Crippen molar-refractivity contribution >= 4 is 28.5 Å². The Bertz CT molecular complexity index is 961. The van der Waals surface area contributed by atoms with E-state index in [4.69, 9.17) is 22.1 Å². The Morgan fingerprint density at radius 1 is 1.23 bits per heavy atom. The first-order valence-corrected chi connectivity index (χ1v) is 8.67. The fraction of sp³-hybridized carbons (Fsp3) is 0.333. The lowest BCUT2D eigenvalue weighted by molar-refractivity contribution is 0.0179. The Morgan fingerprint density at radius 3 is 2.81 bits per heavy atom. The van der Waals surface area contributed by atoms with Crippen molar-refractivity contribution < 1.29 is 14.9 Å². The highest BCUT2D eigenvalue weighted by Crippen LogP contribution is 2.43. The summed E-state index contributed by atoms with van der Waals surface area (Å²) in [5, 5.41) is 22.0. The van der Waals surface area contributed by atoms with Gasteiger partial charge in [-0.1, -0.05) is 12.1 Å². The lowest BCUT2D eigenvalue weighted by Gasteiger charge is -2.19. The molecular formula is C18H19ClN4O3. The second kappa shape index (κ2) is 6.42. The number of rotatable bonds is 3. The molecule has 3 aromatic rings. The molecule has 0 spiro atoms. The molecule has 1 saturated carbocycles. The van der Waals surface area contributed by atoms with E-state index in [0.29, 0.717) is 23.2 Å². The molecular weight excluding hydrogens is 356 g/mol. The van der Waals surface area contributed by atoms with Gasteiger partial charge >= 0.3 is 0 Å². The maximum atomic E-state index is 10.7. The zero-order valence-corrected chi connectivity index (χ0v) is 14.8. The third-order valence-electron chi connectivity index (χ3n) is 5.11. The molecule has 2 aromatic heterocycles. The molecule has 1 aliphatic carbocycles. The number of aromatic nitrogens is 3. The Balaban J connectivity index is 1.72. The van der Waals surface area contributed by atoms with E-state index in [0.717, 1.165) is 5.56 Å². The number of aliphatic hydroxyl groups is 2. The van der Waals surface area contributed by atoms with Gasteiger partial charge in [0.1, 0.15) is 23.3 Å². The number of nitrogens with two attached hydrogens (primary N) is 1. The predicted octanol–water partition coefficient (Wildman–Crippen LogP) is 2.13. The number of nitrogen functional groups attached to an aromatic ring is 1. The molecule has 1 aliphatic rings. The average Bonchev–Trinajstić information content (AvgIpc) is 3.17. The molecule has 2 heterocycles. The largest absolute Gasteiger partial charge is 0.497 e. The van der Waals surface area contributed by atoms with Gasteiger partial charge in [-0.15, -0.1) is 0 Å². The number of anilines is 1. The van der Waals surface area contributed by atoms with Crippen LogP contribution in [0.2, 0.25) is 5.28 Å². The fourth-order valence-electron chi connectivity index (χ4n) is 3.78. The van der Waals surface area contributed by atoms with Gasteiger partial charge in [0.15, 0.2) is 0 Å². The van der Waals surface area contributed by atoms with Crippen LogP contribution < -0.4 is 10.5 Å². The van der Waals surface area contributed by atoms with Crippen molar-refractivity contribution in [1.82, 2.24) is 14.5 Å². The van der Waals surface area contributed by atoms with E-state index in [9.17, 15) is 10.2 Å². The molecule has 0 aliphatic heterocycles. The zero-order valence-electron chi connectivity index (χ0n) is 14.1. The molecule has 7 nitrogen and oxygen atoms in total. The van der Waals surface area contributed by atoms with Gasteiger partial charge in [0.2, 0.25) is 5.28 Å². The Labute approximate surface area is 155 Å². The summed E-state index contributed by atoms with van der Waals surface area (Å²) in [6, 6.07) is 8.96. The quantitative estimate of drug-likeness (QED) is 0.606. The summed E-state index contributed by atoms with van der Waals surface area (Å²) in [7, 11) is 1.60. The first-order valence-electron chi connectivity index (χ1n) is 8.29. The zero-order chi connectivity index (χ0) is 18.4. The molecule has 8 heteroatoms. The van der Waals surface area contributed by atoms with Crippen molar-refractivity contribution in [3.63, 3.8) is 0 Å². The third kappa shape index (κ3) is 2.68. The smallest absolute Gasteiger partial charge is 0.226 e. The van der Waals surface area contributed by atoms with Crippen LogP contribution in [0.4, 0.5) is 5.82 Å². The number of ether oxygens (including phenoxy) is 1. The van der Waals surface area contributed by atoms with Crippen LogP contribution >= 0.6 is 11.6 Å². The highest BCUT2D eigenvalue weighted by atomic mass is 35.5. The molecule has 0 unspecified atom stereocenters. The first kappa shape index (κ1) is 17.1. The topological polar surface area (TPSA) is 106 Å². The molecule has 0 bridgehead atoms. The van der Waals surface area contributed by atoms with Crippen LogP contribution in [-0.2, 0) is 0 Å². The number of halogens is 1. The molecule has 0 radical (unpaired) electrons. The third-order valence-corrected chi connectivity index (χ3v) is 5.27. The lowest BCUT2D eigenvalue weighted by Crippen LogP contribution is -2.28. The predicted molar refractivity (Wildman–Crippen MR) is 98.4 cm³/mol. The van der Waals surface area contributed by atoms with Crippen LogP contribution in [0.15, 0.2) is 36.5 Å². The van der Waals surface area contributed by atoms with Crippen LogP contribution in [0.5, 0.6) is 5.75 Å². The molecule has 4 atom stereocenters. The van der Waals surface area contributed by atoms with E-state index >= 15 is 0 Å². The molecule has 1 fully saturated rings. The van der Waals surface area contributed by atoms with Gasteiger partial charge in [-0.25, -0.2) is 4.98 Å². The van der Waals surface area contributed by atoms with Gasteiger partial charge in [-0.05, 0) is 41.8 Å². The van der Waals surface area contributed by atoms with Gasteiger partial charge in [-0.2, -0.15) is 4.98 Å². The van der Waals surface area contributed by atoms with Crippen LogP contribution in [0.1, 0.15) is 23.9 Å². The molecule has 0 saturated heterocycles. The van der Waals surface area contributed by atoms with Gasteiger partial charge in [-0.3, -0.25) is 0 Å². The first-order chi connectivity index (χ1) is 12.5. The number of nitrogens with zero attached hydrogens (tertiary/aromatic N) is 3. The summed E-state index contributed by atoms with van der Waals surface area (Å²) in [4.78, 5) is 8.20. The summed E-state index contributed by atoms with van der Waals surface area (Å²) in [6.07, 6.45) is 0.484. The highest BCUT2D eigenvalue weighted by molar-refractivity contribution is 6.28. The van der Waals surface area contributed by atoms with Crippen LogP contribution in [-0.4, -0.2) is 44.1 Å². The highest BCUT2D eigenvalue weighted by Gasteiger charge is 2.43. The molecule has 1 aromatic carbocycles. The van der Waals surface area contributed by atoms with Gasteiger partial charge in [0.05, 0.1) is 24.6 Å². The van der Waals surface area contributed by atoms with Crippen molar-refractivity contribution in [1.29, 1.82) is 0 Å². The summed E-state index contributed by atoms with van der Waals surface area (Å²) < 4.78 is 7.08. The minimum Gasteiger partial charge on any atom is -0.497 e. The van der Waals surface area contributed by atoms with Gasteiger partial charge in [0.25, 0.3) is 0 Å². The maximum absolute atomic E-state index is 10.7. The summed E-state index contributed by atoms with van der Waals surface area (Å²) in [5.74, 6) is 0.777. The van der Waals surface area contributed by atoms with E-state index in [1.807, 2.05) is 28.8 Å². The fourth-order valence-corrected chi connectivity index (χ4v) is 3.96. The second-order valence-electron chi connectivity index (χ2n) is 6.51.